The molecule has 2 heterocycles. The van der Waals surface area contributed by atoms with E-state index in [-0.39, 0.29) is 0 Å². The summed E-state index contributed by atoms with van der Waals surface area (Å²) >= 11 is 1.89. The zero-order valence-electron chi connectivity index (χ0n) is 10.6. The predicted octanol–water partition coefficient (Wildman–Crippen LogP) is 3.33. The van der Waals surface area contributed by atoms with E-state index in [9.17, 15) is 0 Å². The summed E-state index contributed by atoms with van der Waals surface area (Å²) in [6.45, 7) is 4.02. The maximum absolute atomic E-state index is 5.64. The van der Waals surface area contributed by atoms with E-state index in [1.165, 1.54) is 16.8 Å². The Morgan fingerprint density at radius 3 is 2.78 bits per heavy atom. The molecule has 1 aliphatic rings. The Kier molecular flexibility index (Phi) is 3.10. The lowest BCUT2D eigenvalue weighted by atomic mass is 10.0. The van der Waals surface area contributed by atoms with Crippen LogP contribution in [0.1, 0.15) is 29.0 Å². The lowest BCUT2D eigenvalue weighted by molar-refractivity contribution is 0.633. The Morgan fingerprint density at radius 2 is 2.06 bits per heavy atom. The first-order valence-corrected chi connectivity index (χ1v) is 7.29. The van der Waals surface area contributed by atoms with E-state index in [4.69, 9.17) is 5.73 Å². The molecule has 1 atom stereocenters. The molecule has 2 aromatic rings. The van der Waals surface area contributed by atoms with Crippen molar-refractivity contribution < 1.29 is 0 Å². The van der Waals surface area contributed by atoms with Gasteiger partial charge in [0, 0.05) is 23.7 Å². The number of thiophene rings is 1. The normalized spacial score (nSPS) is 18.8. The van der Waals surface area contributed by atoms with Crippen LogP contribution in [0.4, 0.5) is 5.69 Å². The monoisotopic (exact) mass is 258 g/mol. The second kappa shape index (κ2) is 4.75. The van der Waals surface area contributed by atoms with Crippen LogP contribution in [0.15, 0.2) is 35.7 Å². The highest BCUT2D eigenvalue weighted by molar-refractivity contribution is 7.10. The van der Waals surface area contributed by atoms with Crippen LogP contribution < -0.4 is 10.6 Å². The molecule has 1 aromatic heterocycles. The summed E-state index contributed by atoms with van der Waals surface area (Å²) in [5, 5.41) is 2.21. The minimum Gasteiger partial charge on any atom is -0.364 e. The van der Waals surface area contributed by atoms with Crippen molar-refractivity contribution in [2.24, 2.45) is 5.73 Å². The first-order chi connectivity index (χ1) is 8.79. The fraction of sp³-hybridized carbons (Fsp3) is 0.333. The summed E-state index contributed by atoms with van der Waals surface area (Å²) in [4.78, 5) is 4.03. The number of rotatable bonds is 2. The predicted molar refractivity (Wildman–Crippen MR) is 78.1 cm³/mol. The van der Waals surface area contributed by atoms with Crippen molar-refractivity contribution in [2.45, 2.75) is 25.9 Å². The van der Waals surface area contributed by atoms with Crippen molar-refractivity contribution in [3.05, 3.63) is 51.7 Å². The van der Waals surface area contributed by atoms with Crippen LogP contribution in [-0.4, -0.2) is 6.54 Å². The molecule has 3 rings (SSSR count). The molecule has 0 saturated heterocycles. The smallest absolute Gasteiger partial charge is 0.0525 e. The highest BCUT2D eigenvalue weighted by Crippen LogP contribution is 2.35. The lowest BCUT2D eigenvalue weighted by Crippen LogP contribution is -2.33. The number of anilines is 1. The molecule has 1 aromatic carbocycles. The first-order valence-electron chi connectivity index (χ1n) is 6.41. The standard InChI is InChI=1S/C15H18N2S/c1-11-14-7-9-18-15(14)6-8-17(11)13-4-2-12(10-16)3-5-13/h2-5,7,9,11H,6,8,10,16H2,1H3. The maximum Gasteiger partial charge on any atom is 0.0525 e. The van der Waals surface area contributed by atoms with Gasteiger partial charge in [-0.15, -0.1) is 11.3 Å². The van der Waals surface area contributed by atoms with Crippen LogP contribution >= 0.6 is 11.3 Å². The molecule has 0 spiro atoms. The van der Waals surface area contributed by atoms with E-state index in [1.54, 1.807) is 4.88 Å². The molecule has 0 radical (unpaired) electrons. The fourth-order valence-electron chi connectivity index (χ4n) is 2.69. The van der Waals surface area contributed by atoms with Crippen LogP contribution in [0.3, 0.4) is 0 Å². The molecule has 0 fully saturated rings. The number of hydrogen-bond donors (Lipinski definition) is 1. The van der Waals surface area contributed by atoms with Crippen molar-refractivity contribution in [3.63, 3.8) is 0 Å². The average molecular weight is 258 g/mol. The van der Waals surface area contributed by atoms with E-state index < -0.39 is 0 Å². The molecule has 0 amide bonds. The van der Waals surface area contributed by atoms with Crippen molar-refractivity contribution in [1.82, 2.24) is 0 Å². The van der Waals surface area contributed by atoms with Gasteiger partial charge in [0.05, 0.1) is 6.04 Å². The molecule has 18 heavy (non-hydrogen) atoms. The van der Waals surface area contributed by atoms with Crippen LogP contribution in [-0.2, 0) is 13.0 Å². The summed E-state index contributed by atoms with van der Waals surface area (Å²) in [5.74, 6) is 0. The van der Waals surface area contributed by atoms with E-state index >= 15 is 0 Å². The van der Waals surface area contributed by atoms with E-state index in [2.05, 4.69) is 47.5 Å². The largest absolute Gasteiger partial charge is 0.364 e. The Labute approximate surface area is 112 Å². The van der Waals surface area contributed by atoms with Crippen LogP contribution in [0.5, 0.6) is 0 Å². The van der Waals surface area contributed by atoms with Gasteiger partial charge in [-0.1, -0.05) is 12.1 Å². The first kappa shape index (κ1) is 11.8. The topological polar surface area (TPSA) is 29.3 Å². The van der Waals surface area contributed by atoms with Crippen LogP contribution in [0.2, 0.25) is 0 Å². The molecule has 3 heteroatoms. The molecule has 2 nitrogen and oxygen atoms in total. The molecule has 1 aliphatic heterocycles. The van der Waals surface area contributed by atoms with Gasteiger partial charge in [-0.3, -0.25) is 0 Å². The van der Waals surface area contributed by atoms with Gasteiger partial charge in [0.25, 0.3) is 0 Å². The van der Waals surface area contributed by atoms with Gasteiger partial charge in [-0.2, -0.15) is 0 Å². The van der Waals surface area contributed by atoms with Gasteiger partial charge in [-0.05, 0) is 48.1 Å². The zero-order chi connectivity index (χ0) is 12.5. The summed E-state index contributed by atoms with van der Waals surface area (Å²) in [6.07, 6.45) is 1.16. The Bertz CT molecular complexity index is 530. The van der Waals surface area contributed by atoms with Gasteiger partial charge in [0.1, 0.15) is 0 Å². The molecule has 0 bridgehead atoms. The van der Waals surface area contributed by atoms with E-state index in [1.807, 2.05) is 11.3 Å². The number of hydrogen-bond acceptors (Lipinski definition) is 3. The third-order valence-corrected chi connectivity index (χ3v) is 4.78. The van der Waals surface area contributed by atoms with Crippen LogP contribution in [0, 0.1) is 0 Å². The van der Waals surface area contributed by atoms with Gasteiger partial charge in [0.2, 0.25) is 0 Å². The Morgan fingerprint density at radius 1 is 1.28 bits per heavy atom. The number of fused-ring (bicyclic) bond motifs is 1. The second-order valence-corrected chi connectivity index (χ2v) is 5.79. The summed E-state index contributed by atoms with van der Waals surface area (Å²) in [6, 6.07) is 11.4. The molecule has 94 valence electrons. The third kappa shape index (κ3) is 1.93. The van der Waals surface area contributed by atoms with Gasteiger partial charge in [0.15, 0.2) is 0 Å². The number of nitrogens with two attached hydrogens (primary N) is 1. The lowest BCUT2D eigenvalue weighted by Gasteiger charge is -2.35. The van der Waals surface area contributed by atoms with Crippen molar-refractivity contribution in [2.75, 3.05) is 11.4 Å². The minimum atomic E-state index is 0.476. The zero-order valence-corrected chi connectivity index (χ0v) is 11.4. The SMILES string of the molecule is CC1c2ccsc2CCN1c1ccc(CN)cc1. The van der Waals surface area contributed by atoms with E-state index in [0.29, 0.717) is 12.6 Å². The van der Waals surface area contributed by atoms with Crippen LogP contribution in [0.25, 0.3) is 0 Å². The molecule has 0 saturated carbocycles. The molecular formula is C15H18N2S. The highest BCUT2D eigenvalue weighted by atomic mass is 32.1. The van der Waals surface area contributed by atoms with E-state index in [0.717, 1.165) is 13.0 Å². The molecule has 1 unspecified atom stereocenters. The number of nitrogens with zero attached hydrogens (tertiary/aromatic N) is 1. The molecule has 2 N–H and O–H groups in total. The minimum absolute atomic E-state index is 0.476. The summed E-state index contributed by atoms with van der Waals surface area (Å²) in [5.41, 5.74) is 9.63. The van der Waals surface area contributed by atoms with Crippen molar-refractivity contribution in [1.29, 1.82) is 0 Å². The average Bonchev–Trinajstić information content (AvgIpc) is 2.89. The highest BCUT2D eigenvalue weighted by Gasteiger charge is 2.24. The second-order valence-electron chi connectivity index (χ2n) is 4.79. The van der Waals surface area contributed by atoms with Gasteiger partial charge in [-0.25, -0.2) is 0 Å². The fourth-order valence-corrected chi connectivity index (χ4v) is 3.65. The maximum atomic E-state index is 5.64. The molecular weight excluding hydrogens is 240 g/mol. The Hall–Kier alpha value is -1.32. The summed E-state index contributed by atoms with van der Waals surface area (Å²) < 4.78 is 0. The third-order valence-electron chi connectivity index (χ3n) is 3.78. The van der Waals surface area contributed by atoms with Gasteiger partial charge >= 0.3 is 0 Å². The number of benzene rings is 1. The molecule has 0 aliphatic carbocycles. The van der Waals surface area contributed by atoms with Gasteiger partial charge < -0.3 is 10.6 Å². The quantitative estimate of drug-likeness (QED) is 0.895. The Balaban J connectivity index is 1.89. The van der Waals surface area contributed by atoms with Crippen molar-refractivity contribution >= 4 is 17.0 Å². The van der Waals surface area contributed by atoms with Crippen molar-refractivity contribution in [3.8, 4) is 0 Å². The summed E-state index contributed by atoms with van der Waals surface area (Å²) in [7, 11) is 0.